The Morgan fingerprint density at radius 1 is 1.26 bits per heavy atom. The molecular weight excluding hydrogens is 537 g/mol. The number of aromatic nitrogens is 3. The Hall–Kier alpha value is -3.64. The van der Waals surface area contributed by atoms with Crippen LogP contribution >= 0.6 is 11.6 Å². The van der Waals surface area contributed by atoms with Crippen molar-refractivity contribution in [2.24, 2.45) is 0 Å². The van der Waals surface area contributed by atoms with Gasteiger partial charge in [0, 0.05) is 18.5 Å². The molecule has 1 aromatic carbocycles. The van der Waals surface area contributed by atoms with Crippen LogP contribution in [0.5, 0.6) is 5.75 Å². The molecule has 13 heteroatoms. The van der Waals surface area contributed by atoms with E-state index in [-0.39, 0.29) is 36.2 Å². The first-order valence-electron chi connectivity index (χ1n) is 12.4. The van der Waals surface area contributed by atoms with E-state index in [9.17, 15) is 18.0 Å². The van der Waals surface area contributed by atoms with Crippen LogP contribution in [-0.2, 0) is 24.0 Å². The molecule has 206 valence electrons. The number of nitrogens with one attached hydrogen (secondary N) is 1. The Labute approximate surface area is 227 Å². The first-order chi connectivity index (χ1) is 18.6. The first-order valence-corrected chi connectivity index (χ1v) is 12.8. The number of halogens is 4. The fourth-order valence-corrected chi connectivity index (χ4v) is 4.84. The van der Waals surface area contributed by atoms with Crippen LogP contribution in [0.3, 0.4) is 0 Å². The number of ether oxygens (including phenoxy) is 2. The van der Waals surface area contributed by atoms with Crippen molar-refractivity contribution in [3.05, 3.63) is 70.4 Å². The molecule has 0 bridgehead atoms. The topological polar surface area (TPSA) is 106 Å². The van der Waals surface area contributed by atoms with E-state index in [2.05, 4.69) is 15.3 Å². The third-order valence-corrected chi connectivity index (χ3v) is 6.82. The van der Waals surface area contributed by atoms with Gasteiger partial charge in [-0.05, 0) is 54.4 Å². The summed E-state index contributed by atoms with van der Waals surface area (Å²) < 4.78 is 52.8. The number of nitrogens with zero attached hydrogens (tertiary/aromatic N) is 4. The van der Waals surface area contributed by atoms with Gasteiger partial charge in [0.2, 0.25) is 5.28 Å². The van der Waals surface area contributed by atoms with Gasteiger partial charge in [-0.1, -0.05) is 0 Å². The zero-order chi connectivity index (χ0) is 27.7. The summed E-state index contributed by atoms with van der Waals surface area (Å²) in [4.78, 5) is 23.5. The van der Waals surface area contributed by atoms with Gasteiger partial charge in [0.25, 0.3) is 0 Å². The van der Waals surface area contributed by atoms with Crippen molar-refractivity contribution in [1.82, 2.24) is 14.9 Å². The molecule has 0 saturated carbocycles. The zero-order valence-electron chi connectivity index (χ0n) is 21.0. The molecule has 1 amide bonds. The maximum Gasteiger partial charge on any atom is 0.498 e. The van der Waals surface area contributed by atoms with Crippen molar-refractivity contribution in [2.75, 3.05) is 24.3 Å². The molecule has 0 unspecified atom stereocenters. The number of alkyl halides is 3. The Morgan fingerprint density at radius 3 is 2.77 bits per heavy atom. The van der Waals surface area contributed by atoms with Crippen molar-refractivity contribution in [3.8, 4) is 5.75 Å². The molecule has 1 fully saturated rings. The van der Waals surface area contributed by atoms with Gasteiger partial charge >= 0.3 is 12.2 Å². The lowest BCUT2D eigenvalue weighted by atomic mass is 10.0. The average Bonchev–Trinajstić information content (AvgIpc) is 3.32. The molecule has 0 aliphatic carbocycles. The SMILES string of the molecule is C[C@@H](Nc1nc(Cl)nc2c1CN(C(=O)[n+]1cccc(OC3CCOCC3)c1)C2)c1cc(N)cc(C(F)(F)F)c1. The minimum absolute atomic E-state index is 0.00347. The van der Waals surface area contributed by atoms with Gasteiger partial charge in [0.15, 0.2) is 5.75 Å². The van der Waals surface area contributed by atoms with E-state index in [1.54, 1.807) is 36.4 Å². The van der Waals surface area contributed by atoms with Crippen LogP contribution in [0.1, 0.15) is 48.2 Å². The summed E-state index contributed by atoms with van der Waals surface area (Å²) in [5.41, 5.74) is 6.41. The molecule has 5 rings (SSSR count). The summed E-state index contributed by atoms with van der Waals surface area (Å²) >= 11 is 6.16. The number of carbonyl (C=O) groups is 1. The molecule has 2 aromatic heterocycles. The highest BCUT2D eigenvalue weighted by atomic mass is 35.5. The summed E-state index contributed by atoms with van der Waals surface area (Å²) in [7, 11) is 0. The van der Waals surface area contributed by atoms with Crippen LogP contribution in [0.15, 0.2) is 42.7 Å². The number of hydrogen-bond acceptors (Lipinski definition) is 7. The van der Waals surface area contributed by atoms with E-state index in [1.807, 2.05) is 0 Å². The quantitative estimate of drug-likeness (QED) is 0.262. The zero-order valence-corrected chi connectivity index (χ0v) is 21.8. The highest BCUT2D eigenvalue weighted by molar-refractivity contribution is 6.28. The standard InChI is InChI=1S/C26H27ClF3N6O3/c1-15(16-9-17(26(28,29)30)11-18(31)10-16)32-23-21-13-36(14-22(21)33-24(27)34-23)25(37)35-6-2-3-20(12-35)39-19-4-7-38-8-5-19/h2-3,6,9-12,15,19H,4-5,7-8,13-14,31H2,1H3,(H,32,33,34)/q+1/t15-/m1/s1. The second-order valence-electron chi connectivity index (χ2n) is 9.53. The monoisotopic (exact) mass is 563 g/mol. The number of hydrogen-bond donors (Lipinski definition) is 2. The fraction of sp³-hybridized carbons (Fsp3) is 0.385. The predicted octanol–water partition coefficient (Wildman–Crippen LogP) is 4.73. The Kier molecular flexibility index (Phi) is 7.50. The van der Waals surface area contributed by atoms with Crippen LogP contribution in [0, 0.1) is 0 Å². The summed E-state index contributed by atoms with van der Waals surface area (Å²) in [6.07, 6.45) is 0.338. The molecule has 4 heterocycles. The number of nitrogen functional groups attached to an aromatic ring is 1. The Bertz CT molecular complexity index is 1380. The van der Waals surface area contributed by atoms with E-state index >= 15 is 0 Å². The molecule has 3 aromatic rings. The second kappa shape index (κ2) is 10.9. The Morgan fingerprint density at radius 2 is 2.03 bits per heavy atom. The van der Waals surface area contributed by atoms with Crippen molar-refractivity contribution in [3.63, 3.8) is 0 Å². The van der Waals surface area contributed by atoms with E-state index in [1.165, 1.54) is 10.6 Å². The van der Waals surface area contributed by atoms with Crippen LogP contribution in [0.4, 0.5) is 29.5 Å². The minimum Gasteiger partial charge on any atom is -0.486 e. The minimum atomic E-state index is -4.53. The van der Waals surface area contributed by atoms with Crippen LogP contribution in [-0.4, -0.2) is 40.2 Å². The maximum atomic E-state index is 13.4. The molecule has 1 atom stereocenters. The van der Waals surface area contributed by atoms with Crippen LogP contribution < -0.4 is 20.4 Å². The van der Waals surface area contributed by atoms with E-state index in [0.29, 0.717) is 41.6 Å². The summed E-state index contributed by atoms with van der Waals surface area (Å²) in [6.45, 7) is 3.34. The lowest BCUT2D eigenvalue weighted by molar-refractivity contribution is -0.579. The molecule has 2 aliphatic heterocycles. The number of rotatable bonds is 5. The van der Waals surface area contributed by atoms with Gasteiger partial charge in [-0.15, -0.1) is 0 Å². The normalized spacial score (nSPS) is 16.6. The van der Waals surface area contributed by atoms with E-state index < -0.39 is 17.8 Å². The average molecular weight is 564 g/mol. The number of nitrogens with two attached hydrogens (primary N) is 1. The summed E-state index contributed by atoms with van der Waals surface area (Å²) in [5, 5.41) is 3.08. The largest absolute Gasteiger partial charge is 0.498 e. The second-order valence-corrected chi connectivity index (χ2v) is 9.87. The number of fused-ring (bicyclic) bond motifs is 1. The predicted molar refractivity (Wildman–Crippen MR) is 136 cm³/mol. The highest BCUT2D eigenvalue weighted by Gasteiger charge is 2.36. The lowest BCUT2D eigenvalue weighted by Gasteiger charge is -2.23. The van der Waals surface area contributed by atoms with E-state index in [4.69, 9.17) is 26.8 Å². The molecular formula is C26H27ClF3N6O3+. The molecule has 3 N–H and O–H groups in total. The number of carbonyl (C=O) groups excluding carboxylic acids is 1. The first kappa shape index (κ1) is 26.9. The van der Waals surface area contributed by atoms with Crippen molar-refractivity contribution < 1.29 is 32.0 Å². The highest BCUT2D eigenvalue weighted by Crippen LogP contribution is 2.35. The maximum absolute atomic E-state index is 13.4. The number of benzene rings is 1. The summed E-state index contributed by atoms with van der Waals surface area (Å²) in [5.74, 6) is 0.916. The third kappa shape index (κ3) is 6.17. The molecule has 0 radical (unpaired) electrons. The number of pyridine rings is 1. The summed E-state index contributed by atoms with van der Waals surface area (Å²) in [6, 6.07) is 6.04. The lowest BCUT2D eigenvalue weighted by Crippen LogP contribution is -2.50. The molecule has 0 spiro atoms. The molecule has 39 heavy (non-hydrogen) atoms. The van der Waals surface area contributed by atoms with Crippen molar-refractivity contribution in [2.45, 2.75) is 51.2 Å². The van der Waals surface area contributed by atoms with Gasteiger partial charge < -0.3 is 20.5 Å². The van der Waals surface area contributed by atoms with Gasteiger partial charge in [-0.2, -0.15) is 22.5 Å². The van der Waals surface area contributed by atoms with Gasteiger partial charge in [-0.3, -0.25) is 0 Å². The third-order valence-electron chi connectivity index (χ3n) is 6.65. The molecule has 1 saturated heterocycles. The Balaban J connectivity index is 1.33. The van der Waals surface area contributed by atoms with Gasteiger partial charge in [-0.25, -0.2) is 14.9 Å². The smallest absolute Gasteiger partial charge is 0.486 e. The van der Waals surface area contributed by atoms with Crippen molar-refractivity contribution >= 4 is 29.1 Å². The van der Waals surface area contributed by atoms with Crippen LogP contribution in [0.2, 0.25) is 5.28 Å². The molecule has 2 aliphatic rings. The van der Waals surface area contributed by atoms with Gasteiger partial charge in [0.05, 0.1) is 42.3 Å². The molecule has 9 nitrogen and oxygen atoms in total. The van der Waals surface area contributed by atoms with E-state index in [0.717, 1.165) is 25.0 Å². The fourth-order valence-electron chi connectivity index (χ4n) is 4.65. The van der Waals surface area contributed by atoms with Crippen molar-refractivity contribution in [1.29, 1.82) is 0 Å². The number of anilines is 2. The number of amides is 1. The van der Waals surface area contributed by atoms with Gasteiger partial charge in [0.1, 0.15) is 31.2 Å². The van der Waals surface area contributed by atoms with Crippen LogP contribution in [0.25, 0.3) is 0 Å².